The first-order valence-electron chi connectivity index (χ1n) is 6.60. The van der Waals surface area contributed by atoms with Gasteiger partial charge in [0.25, 0.3) is 5.95 Å². The van der Waals surface area contributed by atoms with Gasteiger partial charge in [-0.15, -0.1) is 0 Å². The van der Waals surface area contributed by atoms with Crippen molar-refractivity contribution in [2.24, 2.45) is 5.92 Å². The number of methoxy groups -OCH3 is 1. The van der Waals surface area contributed by atoms with Crippen molar-refractivity contribution in [1.82, 2.24) is 4.72 Å². The summed E-state index contributed by atoms with van der Waals surface area (Å²) >= 11 is 0. The van der Waals surface area contributed by atoms with E-state index >= 15 is 0 Å². The monoisotopic (exact) mass is 313 g/mol. The van der Waals surface area contributed by atoms with Crippen LogP contribution in [0.5, 0.6) is 5.95 Å². The SMILES string of the molecule is COc1cc2cc(C(CC(C)C)NS(=O)(=O)O)ccc2o1. The first-order chi connectivity index (χ1) is 9.78. The van der Waals surface area contributed by atoms with E-state index in [1.165, 1.54) is 7.11 Å². The minimum absolute atomic E-state index is 0.263. The summed E-state index contributed by atoms with van der Waals surface area (Å²) < 4.78 is 44.0. The number of fused-ring (bicyclic) bond motifs is 1. The van der Waals surface area contributed by atoms with Crippen molar-refractivity contribution in [2.75, 3.05) is 7.11 Å². The van der Waals surface area contributed by atoms with Gasteiger partial charge in [0, 0.05) is 17.5 Å². The van der Waals surface area contributed by atoms with Gasteiger partial charge < -0.3 is 9.15 Å². The maximum atomic E-state index is 11.1. The first kappa shape index (κ1) is 15.8. The van der Waals surface area contributed by atoms with Gasteiger partial charge in [0.05, 0.1) is 7.11 Å². The summed E-state index contributed by atoms with van der Waals surface area (Å²) in [5.74, 6) is 0.657. The highest BCUT2D eigenvalue weighted by molar-refractivity contribution is 7.83. The van der Waals surface area contributed by atoms with E-state index in [1.54, 1.807) is 18.2 Å². The second kappa shape index (κ2) is 6.05. The van der Waals surface area contributed by atoms with Crippen LogP contribution in [0.1, 0.15) is 31.9 Å². The molecule has 1 aromatic carbocycles. The summed E-state index contributed by atoms with van der Waals surface area (Å²) in [6, 6.07) is 6.60. The molecule has 2 N–H and O–H groups in total. The van der Waals surface area contributed by atoms with Crippen LogP contribution in [0.4, 0.5) is 0 Å². The Morgan fingerprint density at radius 2 is 2.05 bits per heavy atom. The molecular formula is C14H19NO5S. The van der Waals surface area contributed by atoms with Crippen molar-refractivity contribution in [2.45, 2.75) is 26.3 Å². The molecule has 21 heavy (non-hydrogen) atoms. The van der Waals surface area contributed by atoms with Gasteiger partial charge in [-0.25, -0.2) is 0 Å². The molecule has 0 spiro atoms. The largest absolute Gasteiger partial charge is 0.468 e. The number of furan rings is 1. The molecule has 1 aromatic heterocycles. The van der Waals surface area contributed by atoms with Crippen molar-refractivity contribution >= 4 is 21.3 Å². The van der Waals surface area contributed by atoms with E-state index in [0.29, 0.717) is 18.0 Å². The normalized spacial score (nSPS) is 13.8. The molecule has 1 atom stereocenters. The Hall–Kier alpha value is -1.57. The van der Waals surface area contributed by atoms with Crippen LogP contribution < -0.4 is 9.46 Å². The fourth-order valence-corrected chi connectivity index (χ4v) is 2.85. The summed E-state index contributed by atoms with van der Waals surface area (Å²) in [6.45, 7) is 3.97. The summed E-state index contributed by atoms with van der Waals surface area (Å²) in [7, 11) is -2.75. The van der Waals surface area contributed by atoms with Crippen molar-refractivity contribution in [3.8, 4) is 5.95 Å². The molecule has 6 nitrogen and oxygen atoms in total. The zero-order valence-corrected chi connectivity index (χ0v) is 13.0. The Balaban J connectivity index is 2.38. The minimum Gasteiger partial charge on any atom is -0.468 e. The standard InChI is InChI=1S/C14H19NO5S/c1-9(2)6-12(15-21(16,17)18)10-4-5-13-11(7-10)8-14(19-3)20-13/h4-5,7-9,12,15H,6H2,1-3H3,(H,16,17,18). The van der Waals surface area contributed by atoms with Crippen molar-refractivity contribution in [1.29, 1.82) is 0 Å². The molecule has 0 saturated heterocycles. The van der Waals surface area contributed by atoms with Gasteiger partial charge in [-0.05, 0) is 30.0 Å². The highest BCUT2D eigenvalue weighted by Crippen LogP contribution is 2.29. The van der Waals surface area contributed by atoms with Crippen molar-refractivity contribution < 1.29 is 22.1 Å². The predicted molar refractivity (Wildman–Crippen MR) is 79.6 cm³/mol. The lowest BCUT2D eigenvalue weighted by Gasteiger charge is -2.19. The van der Waals surface area contributed by atoms with Gasteiger partial charge in [0.1, 0.15) is 5.58 Å². The maximum absolute atomic E-state index is 11.1. The van der Waals surface area contributed by atoms with E-state index in [1.807, 2.05) is 19.9 Å². The molecule has 0 fully saturated rings. The highest BCUT2D eigenvalue weighted by Gasteiger charge is 2.19. The first-order valence-corrected chi connectivity index (χ1v) is 8.04. The van der Waals surface area contributed by atoms with Crippen LogP contribution in [0.3, 0.4) is 0 Å². The molecule has 116 valence electrons. The molecule has 0 aliphatic heterocycles. The maximum Gasteiger partial charge on any atom is 0.333 e. The fraction of sp³-hybridized carbons (Fsp3) is 0.429. The number of rotatable bonds is 6. The molecule has 2 aromatic rings. The lowest BCUT2D eigenvalue weighted by atomic mass is 9.97. The third-order valence-electron chi connectivity index (χ3n) is 3.12. The quantitative estimate of drug-likeness (QED) is 0.800. The third-order valence-corrected chi connectivity index (χ3v) is 3.70. The number of ether oxygens (including phenoxy) is 1. The minimum atomic E-state index is -4.27. The summed E-state index contributed by atoms with van der Waals surface area (Å²) in [5, 5.41) is 0.815. The average Bonchev–Trinajstić information content (AvgIpc) is 2.77. The zero-order valence-electron chi connectivity index (χ0n) is 12.2. The van der Waals surface area contributed by atoms with Crippen LogP contribution in [0, 0.1) is 5.92 Å². The van der Waals surface area contributed by atoms with E-state index in [9.17, 15) is 8.42 Å². The van der Waals surface area contributed by atoms with E-state index in [2.05, 4.69) is 4.72 Å². The molecule has 0 aliphatic rings. The van der Waals surface area contributed by atoms with Crippen LogP contribution in [-0.2, 0) is 10.3 Å². The predicted octanol–water partition coefficient (Wildman–Crippen LogP) is 2.92. The molecule has 1 unspecified atom stereocenters. The van der Waals surface area contributed by atoms with Gasteiger partial charge in [-0.1, -0.05) is 19.9 Å². The fourth-order valence-electron chi connectivity index (χ4n) is 2.26. The average molecular weight is 313 g/mol. The van der Waals surface area contributed by atoms with E-state index < -0.39 is 16.3 Å². The Bertz CT molecular complexity index is 720. The number of benzene rings is 1. The second-order valence-corrected chi connectivity index (χ2v) is 6.53. The zero-order chi connectivity index (χ0) is 15.6. The van der Waals surface area contributed by atoms with E-state index in [0.717, 1.165) is 10.9 Å². The van der Waals surface area contributed by atoms with Crippen molar-refractivity contribution in [3.05, 3.63) is 29.8 Å². The number of nitrogens with one attached hydrogen (secondary N) is 1. The molecule has 0 saturated carbocycles. The van der Waals surface area contributed by atoms with Crippen LogP contribution in [0.2, 0.25) is 0 Å². The molecule has 0 bridgehead atoms. The highest BCUT2D eigenvalue weighted by atomic mass is 32.2. The molecule has 0 aliphatic carbocycles. The van der Waals surface area contributed by atoms with Crippen LogP contribution in [-0.4, -0.2) is 20.1 Å². The molecule has 7 heteroatoms. The van der Waals surface area contributed by atoms with Gasteiger partial charge in [-0.3, -0.25) is 4.55 Å². The summed E-state index contributed by atoms with van der Waals surface area (Å²) in [4.78, 5) is 0. The van der Waals surface area contributed by atoms with Crippen molar-refractivity contribution in [3.63, 3.8) is 0 Å². The van der Waals surface area contributed by atoms with Crippen LogP contribution in [0.25, 0.3) is 11.0 Å². The Kier molecular flexibility index (Phi) is 4.55. The molecule has 0 radical (unpaired) electrons. The lowest BCUT2D eigenvalue weighted by Crippen LogP contribution is -2.28. The van der Waals surface area contributed by atoms with E-state index in [-0.39, 0.29) is 5.92 Å². The van der Waals surface area contributed by atoms with Gasteiger partial charge in [-0.2, -0.15) is 13.1 Å². The molecule has 2 rings (SSSR count). The van der Waals surface area contributed by atoms with Gasteiger partial charge >= 0.3 is 10.3 Å². The topological polar surface area (TPSA) is 88.8 Å². The number of hydrogen-bond acceptors (Lipinski definition) is 4. The Labute approximate surface area is 124 Å². The smallest absolute Gasteiger partial charge is 0.333 e. The summed E-state index contributed by atoms with van der Waals surface area (Å²) in [5.41, 5.74) is 1.42. The second-order valence-electron chi connectivity index (χ2n) is 5.34. The van der Waals surface area contributed by atoms with E-state index in [4.69, 9.17) is 13.7 Å². The van der Waals surface area contributed by atoms with Crippen LogP contribution >= 0.6 is 0 Å². The summed E-state index contributed by atoms with van der Waals surface area (Å²) in [6.07, 6.45) is 0.570. The van der Waals surface area contributed by atoms with Crippen LogP contribution in [0.15, 0.2) is 28.7 Å². The molecule has 1 heterocycles. The molecule has 0 amide bonds. The lowest BCUT2D eigenvalue weighted by molar-refractivity contribution is 0.316. The molecular weight excluding hydrogens is 294 g/mol. The Morgan fingerprint density at radius 3 is 2.62 bits per heavy atom. The van der Waals surface area contributed by atoms with Gasteiger partial charge in [0.15, 0.2) is 0 Å². The number of hydrogen-bond donors (Lipinski definition) is 2. The third kappa shape index (κ3) is 4.20. The Morgan fingerprint density at radius 1 is 1.33 bits per heavy atom. The van der Waals surface area contributed by atoms with Gasteiger partial charge in [0.2, 0.25) is 0 Å².